The van der Waals surface area contributed by atoms with Crippen LogP contribution in [0.3, 0.4) is 0 Å². The Kier molecular flexibility index (Phi) is 8.25. The number of aryl methyl sites for hydroxylation is 4. The van der Waals surface area contributed by atoms with E-state index in [4.69, 9.17) is 9.97 Å². The maximum atomic E-state index is 14.0. The van der Waals surface area contributed by atoms with Gasteiger partial charge in [0.05, 0.1) is 5.52 Å². The molecular formula is C34H39F2N3. The molecule has 0 N–H and O–H groups in total. The van der Waals surface area contributed by atoms with Gasteiger partial charge in [-0.25, -0.2) is 18.7 Å². The summed E-state index contributed by atoms with van der Waals surface area (Å²) in [5.41, 5.74) is 6.91. The van der Waals surface area contributed by atoms with E-state index in [0.29, 0.717) is 0 Å². The van der Waals surface area contributed by atoms with Crippen molar-refractivity contribution in [2.24, 2.45) is 0 Å². The zero-order valence-corrected chi connectivity index (χ0v) is 23.4. The van der Waals surface area contributed by atoms with Gasteiger partial charge in [0, 0.05) is 37.4 Å². The number of fused-ring (bicyclic) bond motifs is 1. The van der Waals surface area contributed by atoms with E-state index in [9.17, 15) is 8.78 Å². The summed E-state index contributed by atoms with van der Waals surface area (Å²) in [7, 11) is 0. The zero-order valence-electron chi connectivity index (χ0n) is 23.4. The fourth-order valence-electron chi connectivity index (χ4n) is 5.73. The lowest BCUT2D eigenvalue weighted by molar-refractivity contribution is 0.0175. The molecule has 4 aromatic rings. The topological polar surface area (TPSA) is 29.0 Å². The second-order valence-corrected chi connectivity index (χ2v) is 10.9. The Morgan fingerprint density at radius 1 is 0.795 bits per heavy atom. The van der Waals surface area contributed by atoms with Gasteiger partial charge in [-0.2, -0.15) is 0 Å². The van der Waals surface area contributed by atoms with Crippen molar-refractivity contribution in [1.29, 1.82) is 0 Å². The van der Waals surface area contributed by atoms with Crippen molar-refractivity contribution in [2.45, 2.75) is 78.1 Å². The number of rotatable bonds is 9. The van der Waals surface area contributed by atoms with Crippen LogP contribution in [0.25, 0.3) is 22.0 Å². The third kappa shape index (κ3) is 6.29. The van der Waals surface area contributed by atoms with E-state index in [-0.39, 0.29) is 5.56 Å². The molecule has 2 heterocycles. The van der Waals surface area contributed by atoms with Gasteiger partial charge in [-0.3, -0.25) is 0 Å². The first kappa shape index (κ1) is 27.2. The van der Waals surface area contributed by atoms with Crippen LogP contribution < -0.4 is 4.90 Å². The molecular weight excluding hydrogens is 488 g/mol. The summed E-state index contributed by atoms with van der Waals surface area (Å²) in [4.78, 5) is 12.4. The molecule has 39 heavy (non-hydrogen) atoms. The van der Waals surface area contributed by atoms with Crippen molar-refractivity contribution in [3.8, 4) is 11.1 Å². The quantitative estimate of drug-likeness (QED) is 0.218. The zero-order chi connectivity index (χ0) is 27.4. The molecule has 0 unspecified atom stereocenters. The first-order valence-electron chi connectivity index (χ1n) is 14.5. The van der Waals surface area contributed by atoms with E-state index >= 15 is 0 Å². The van der Waals surface area contributed by atoms with Crippen LogP contribution in [0.15, 0.2) is 60.7 Å². The molecule has 1 aliphatic heterocycles. The number of nitrogens with zero attached hydrogens (tertiary/aromatic N) is 3. The van der Waals surface area contributed by atoms with Crippen LogP contribution in [0, 0.1) is 0 Å². The fraction of sp³-hybridized carbons (Fsp3) is 0.412. The van der Waals surface area contributed by atoms with Crippen LogP contribution >= 0.6 is 0 Å². The predicted octanol–water partition coefficient (Wildman–Crippen LogP) is 8.70. The molecule has 3 nitrogen and oxygen atoms in total. The molecule has 0 bridgehead atoms. The summed E-state index contributed by atoms with van der Waals surface area (Å²) < 4.78 is 28.0. The minimum atomic E-state index is -2.88. The highest BCUT2D eigenvalue weighted by Crippen LogP contribution is 2.34. The minimum absolute atomic E-state index is 0.0262. The summed E-state index contributed by atoms with van der Waals surface area (Å²) in [6, 6.07) is 19.7. The molecule has 1 fully saturated rings. The highest BCUT2D eigenvalue weighted by molar-refractivity contribution is 5.93. The summed E-state index contributed by atoms with van der Waals surface area (Å²) in [6.45, 7) is 7.35. The molecule has 1 aromatic heterocycles. The summed E-state index contributed by atoms with van der Waals surface area (Å²) >= 11 is 0. The van der Waals surface area contributed by atoms with E-state index in [1.165, 1.54) is 29.2 Å². The molecule has 5 rings (SSSR count). The van der Waals surface area contributed by atoms with Gasteiger partial charge in [0.25, 0.3) is 5.92 Å². The minimum Gasteiger partial charge on any atom is -0.356 e. The third-order valence-electron chi connectivity index (χ3n) is 7.98. The number of anilines is 1. The van der Waals surface area contributed by atoms with Gasteiger partial charge in [-0.1, -0.05) is 56.3 Å². The second-order valence-electron chi connectivity index (χ2n) is 10.9. The maximum absolute atomic E-state index is 14.0. The molecule has 0 radical (unpaired) electrons. The summed E-state index contributed by atoms with van der Waals surface area (Å²) in [5, 5.41) is 0.995. The molecule has 3 aromatic carbocycles. The first-order valence-corrected chi connectivity index (χ1v) is 14.5. The van der Waals surface area contributed by atoms with Crippen LogP contribution in [0.2, 0.25) is 0 Å². The highest BCUT2D eigenvalue weighted by Gasteiger charge is 2.24. The monoisotopic (exact) mass is 527 g/mol. The van der Waals surface area contributed by atoms with E-state index in [1.54, 1.807) is 12.1 Å². The molecule has 204 valence electrons. The lowest BCUT2D eigenvalue weighted by Gasteiger charge is -2.29. The fourth-order valence-corrected chi connectivity index (χ4v) is 5.73. The van der Waals surface area contributed by atoms with Crippen molar-refractivity contribution in [1.82, 2.24) is 9.97 Å². The molecule has 0 amide bonds. The average Bonchev–Trinajstić information content (AvgIpc) is 2.96. The van der Waals surface area contributed by atoms with E-state index < -0.39 is 5.92 Å². The Balaban J connectivity index is 1.44. The lowest BCUT2D eigenvalue weighted by Crippen LogP contribution is -2.30. The highest BCUT2D eigenvalue weighted by atomic mass is 19.3. The first-order chi connectivity index (χ1) is 18.9. The smallest absolute Gasteiger partial charge is 0.270 e. The molecule has 0 aliphatic carbocycles. The van der Waals surface area contributed by atoms with Crippen LogP contribution in [0.4, 0.5) is 14.6 Å². The summed E-state index contributed by atoms with van der Waals surface area (Å²) in [5.74, 6) is -1.02. The van der Waals surface area contributed by atoms with Crippen LogP contribution in [0.1, 0.15) is 74.5 Å². The van der Waals surface area contributed by atoms with Crippen molar-refractivity contribution >= 4 is 16.7 Å². The van der Waals surface area contributed by atoms with Crippen molar-refractivity contribution in [3.63, 3.8) is 0 Å². The van der Waals surface area contributed by atoms with Crippen molar-refractivity contribution in [2.75, 3.05) is 18.0 Å². The molecule has 0 saturated carbocycles. The van der Waals surface area contributed by atoms with Gasteiger partial charge < -0.3 is 4.90 Å². The largest absolute Gasteiger partial charge is 0.356 e. The molecule has 5 heteroatoms. The molecule has 1 saturated heterocycles. The van der Waals surface area contributed by atoms with Crippen molar-refractivity contribution in [3.05, 3.63) is 88.7 Å². The number of hydrogen-bond donors (Lipinski definition) is 0. The number of benzene rings is 3. The van der Waals surface area contributed by atoms with E-state index in [1.807, 2.05) is 18.2 Å². The van der Waals surface area contributed by atoms with Gasteiger partial charge in [0.2, 0.25) is 0 Å². The molecule has 0 spiro atoms. The van der Waals surface area contributed by atoms with Crippen molar-refractivity contribution < 1.29 is 8.78 Å². The standard InChI is InChI=1S/C34H39F2N3/c1-4-25-16-15-24(21-26(25)5-2)11-9-14-32-37-31-18-17-28(27-12-10-13-29(22-27)34(3,35)36)23-30(31)33(38-32)39-19-7-6-8-20-39/h10,12-13,15-18,21-23H,4-9,11,14,19-20H2,1-3H3. The van der Waals surface area contributed by atoms with Gasteiger partial charge in [0.15, 0.2) is 0 Å². The number of hydrogen-bond acceptors (Lipinski definition) is 3. The predicted molar refractivity (Wildman–Crippen MR) is 158 cm³/mol. The molecule has 1 aliphatic rings. The number of halogens is 2. The number of alkyl halides is 2. The Morgan fingerprint density at radius 3 is 2.31 bits per heavy atom. The third-order valence-corrected chi connectivity index (χ3v) is 7.98. The van der Waals surface area contributed by atoms with Gasteiger partial charge in [0.1, 0.15) is 11.6 Å². The number of piperidine rings is 1. The Morgan fingerprint density at radius 2 is 1.56 bits per heavy atom. The second kappa shape index (κ2) is 11.8. The van der Waals surface area contributed by atoms with Crippen LogP contribution in [-0.4, -0.2) is 23.1 Å². The Bertz CT molecular complexity index is 1430. The normalized spacial score (nSPS) is 14.2. The molecule has 0 atom stereocenters. The van der Waals surface area contributed by atoms with E-state index in [2.05, 4.69) is 43.0 Å². The number of aromatic nitrogens is 2. The SMILES string of the molecule is CCc1ccc(CCCc2nc(N3CCCCC3)c3cc(-c4cccc(C(C)(F)F)c4)ccc3n2)cc1CC. The average molecular weight is 528 g/mol. The Hall–Kier alpha value is -3.34. The lowest BCUT2D eigenvalue weighted by atomic mass is 9.97. The van der Waals surface area contributed by atoms with Crippen LogP contribution in [-0.2, 0) is 31.6 Å². The van der Waals surface area contributed by atoms with Gasteiger partial charge in [-0.05, 0) is 91.0 Å². The Labute approximate surface area is 231 Å². The maximum Gasteiger partial charge on any atom is 0.270 e. The van der Waals surface area contributed by atoms with Gasteiger partial charge in [-0.15, -0.1) is 0 Å². The van der Waals surface area contributed by atoms with Crippen LogP contribution in [0.5, 0.6) is 0 Å². The van der Waals surface area contributed by atoms with Gasteiger partial charge >= 0.3 is 0 Å². The summed E-state index contributed by atoms with van der Waals surface area (Å²) in [6.07, 6.45) is 8.52. The van der Waals surface area contributed by atoms with E-state index in [0.717, 1.165) is 98.6 Å².